The molecular formula is C22H24N6O4S. The van der Waals surface area contributed by atoms with Gasteiger partial charge >= 0.3 is 0 Å². The molecule has 0 radical (unpaired) electrons. The smallest absolute Gasteiger partial charge is 0.269 e. The highest BCUT2D eigenvalue weighted by Gasteiger charge is 2.23. The molecule has 0 bridgehead atoms. The Labute approximate surface area is 195 Å². The average molecular weight is 469 g/mol. The molecule has 2 amide bonds. The van der Waals surface area contributed by atoms with Gasteiger partial charge < -0.3 is 25.0 Å². The standard InChI is InChI=1S/C22H24N6O4S/c1-31-17-11-14(12-25-21(17)32-2)28-10-7-15-18(13-28)33-22(26-15)27-19(29)6-9-24-20(30)16-5-3-4-8-23-16/h3-5,8,11-12H,6-7,9-10,13H2,1-2H3,(H,24,30)(H,26,27,29). The van der Waals surface area contributed by atoms with Crippen molar-refractivity contribution in [3.8, 4) is 11.6 Å². The fourth-order valence-electron chi connectivity index (χ4n) is 3.42. The molecule has 0 fully saturated rings. The number of rotatable bonds is 8. The van der Waals surface area contributed by atoms with Crippen LogP contribution in [-0.4, -0.2) is 54.1 Å². The van der Waals surface area contributed by atoms with E-state index in [1.54, 1.807) is 44.8 Å². The Bertz CT molecular complexity index is 1140. The lowest BCUT2D eigenvalue weighted by molar-refractivity contribution is -0.116. The van der Waals surface area contributed by atoms with Gasteiger partial charge in [0.15, 0.2) is 10.9 Å². The second-order valence-electron chi connectivity index (χ2n) is 7.23. The Morgan fingerprint density at radius 3 is 2.85 bits per heavy atom. The van der Waals surface area contributed by atoms with E-state index >= 15 is 0 Å². The molecule has 1 aliphatic heterocycles. The normalized spacial score (nSPS) is 12.6. The van der Waals surface area contributed by atoms with Gasteiger partial charge in [0.05, 0.1) is 38.3 Å². The lowest BCUT2D eigenvalue weighted by Crippen LogP contribution is -2.29. The lowest BCUT2D eigenvalue weighted by atomic mass is 10.1. The summed E-state index contributed by atoms with van der Waals surface area (Å²) in [4.78, 5) is 40.5. The highest BCUT2D eigenvalue weighted by Crippen LogP contribution is 2.34. The Hall–Kier alpha value is -3.73. The number of pyridine rings is 2. The van der Waals surface area contributed by atoms with E-state index < -0.39 is 0 Å². The molecule has 0 spiro atoms. The number of hydrogen-bond acceptors (Lipinski definition) is 9. The minimum Gasteiger partial charge on any atom is -0.491 e. The van der Waals surface area contributed by atoms with Crippen LogP contribution in [0.2, 0.25) is 0 Å². The molecular weight excluding hydrogens is 444 g/mol. The summed E-state index contributed by atoms with van der Waals surface area (Å²) in [7, 11) is 3.14. The molecule has 4 heterocycles. The fraction of sp³-hybridized carbons (Fsp3) is 0.318. The first-order chi connectivity index (χ1) is 16.1. The number of nitrogens with zero attached hydrogens (tertiary/aromatic N) is 4. The van der Waals surface area contributed by atoms with E-state index in [0.29, 0.717) is 29.0 Å². The quantitative estimate of drug-likeness (QED) is 0.517. The predicted molar refractivity (Wildman–Crippen MR) is 124 cm³/mol. The van der Waals surface area contributed by atoms with Gasteiger partial charge in [0.2, 0.25) is 5.91 Å². The minimum absolute atomic E-state index is 0.145. The summed E-state index contributed by atoms with van der Waals surface area (Å²) in [5.74, 6) is 0.507. The molecule has 0 saturated carbocycles. The van der Waals surface area contributed by atoms with Crippen LogP contribution in [0.1, 0.15) is 27.5 Å². The summed E-state index contributed by atoms with van der Waals surface area (Å²) in [5.41, 5.74) is 2.24. The molecule has 0 saturated heterocycles. The average Bonchev–Trinajstić information content (AvgIpc) is 3.25. The molecule has 172 valence electrons. The van der Waals surface area contributed by atoms with Crippen molar-refractivity contribution in [2.24, 2.45) is 0 Å². The van der Waals surface area contributed by atoms with Crippen molar-refractivity contribution in [3.05, 3.63) is 52.9 Å². The number of nitrogens with one attached hydrogen (secondary N) is 2. The summed E-state index contributed by atoms with van der Waals surface area (Å²) in [6, 6.07) is 7.00. The summed E-state index contributed by atoms with van der Waals surface area (Å²) in [6.07, 6.45) is 4.21. The van der Waals surface area contributed by atoms with Crippen LogP contribution >= 0.6 is 11.3 Å². The molecule has 0 aromatic carbocycles. The van der Waals surface area contributed by atoms with Crippen LogP contribution in [-0.2, 0) is 17.8 Å². The number of fused-ring (bicyclic) bond motifs is 1. The molecule has 3 aromatic heterocycles. The number of carbonyl (C=O) groups excluding carboxylic acids is 2. The van der Waals surface area contributed by atoms with Gasteiger partial charge in [-0.1, -0.05) is 17.4 Å². The summed E-state index contributed by atoms with van der Waals surface area (Å²) in [5, 5.41) is 6.09. The van der Waals surface area contributed by atoms with Crippen LogP contribution in [0, 0.1) is 0 Å². The van der Waals surface area contributed by atoms with Crippen molar-refractivity contribution in [2.75, 3.05) is 37.5 Å². The van der Waals surface area contributed by atoms with Gasteiger partial charge in [-0.25, -0.2) is 9.97 Å². The number of ether oxygens (including phenoxy) is 2. The van der Waals surface area contributed by atoms with Crippen LogP contribution in [0.4, 0.5) is 10.8 Å². The first kappa shape index (κ1) is 22.5. The van der Waals surface area contributed by atoms with Crippen LogP contribution in [0.3, 0.4) is 0 Å². The summed E-state index contributed by atoms with van der Waals surface area (Å²) >= 11 is 1.46. The molecule has 1 aliphatic rings. The van der Waals surface area contributed by atoms with Crippen molar-refractivity contribution < 1.29 is 19.1 Å². The van der Waals surface area contributed by atoms with E-state index in [2.05, 4.69) is 30.5 Å². The molecule has 11 heteroatoms. The van der Waals surface area contributed by atoms with Crippen molar-refractivity contribution in [1.29, 1.82) is 0 Å². The maximum Gasteiger partial charge on any atom is 0.269 e. The molecule has 2 N–H and O–H groups in total. The van der Waals surface area contributed by atoms with Crippen molar-refractivity contribution in [2.45, 2.75) is 19.4 Å². The van der Waals surface area contributed by atoms with Crippen molar-refractivity contribution >= 4 is 34.0 Å². The van der Waals surface area contributed by atoms with Gasteiger partial charge in [-0.15, -0.1) is 0 Å². The molecule has 0 aliphatic carbocycles. The first-order valence-electron chi connectivity index (χ1n) is 10.4. The first-order valence-corrected chi connectivity index (χ1v) is 11.2. The summed E-state index contributed by atoms with van der Waals surface area (Å²) in [6.45, 7) is 1.66. The SMILES string of the molecule is COc1cc(N2CCc3nc(NC(=O)CCNC(=O)c4ccccn4)sc3C2)cnc1OC. The minimum atomic E-state index is -0.308. The van der Waals surface area contributed by atoms with Gasteiger partial charge in [-0.2, -0.15) is 0 Å². The summed E-state index contributed by atoms with van der Waals surface area (Å²) < 4.78 is 10.6. The molecule has 0 unspecified atom stereocenters. The largest absolute Gasteiger partial charge is 0.491 e. The van der Waals surface area contributed by atoms with Crippen LogP contribution in [0.5, 0.6) is 11.6 Å². The second kappa shape index (κ2) is 10.3. The number of amides is 2. The van der Waals surface area contributed by atoms with Crippen LogP contribution in [0.15, 0.2) is 36.7 Å². The zero-order valence-electron chi connectivity index (χ0n) is 18.3. The van der Waals surface area contributed by atoms with Gasteiger partial charge in [-0.05, 0) is 12.1 Å². The topological polar surface area (TPSA) is 119 Å². The second-order valence-corrected chi connectivity index (χ2v) is 8.32. The molecule has 33 heavy (non-hydrogen) atoms. The number of anilines is 2. The lowest BCUT2D eigenvalue weighted by Gasteiger charge is -2.28. The number of carbonyl (C=O) groups is 2. The van der Waals surface area contributed by atoms with E-state index in [1.165, 1.54) is 11.3 Å². The highest BCUT2D eigenvalue weighted by atomic mass is 32.1. The third-order valence-corrected chi connectivity index (χ3v) is 6.09. The van der Waals surface area contributed by atoms with Crippen molar-refractivity contribution in [1.82, 2.24) is 20.3 Å². The highest BCUT2D eigenvalue weighted by molar-refractivity contribution is 7.15. The Kier molecular flexibility index (Phi) is 6.98. The van der Waals surface area contributed by atoms with Gasteiger partial charge in [0.1, 0.15) is 5.69 Å². The maximum atomic E-state index is 12.3. The van der Waals surface area contributed by atoms with Gasteiger partial charge in [-0.3, -0.25) is 14.6 Å². The van der Waals surface area contributed by atoms with E-state index in [1.807, 2.05) is 6.07 Å². The third kappa shape index (κ3) is 5.37. The molecule has 4 rings (SSSR count). The number of methoxy groups -OCH3 is 2. The molecule has 3 aromatic rings. The Balaban J connectivity index is 1.31. The van der Waals surface area contributed by atoms with E-state index in [9.17, 15) is 9.59 Å². The number of thiazole rings is 1. The zero-order valence-corrected chi connectivity index (χ0v) is 19.1. The van der Waals surface area contributed by atoms with E-state index in [-0.39, 0.29) is 24.8 Å². The van der Waals surface area contributed by atoms with Crippen molar-refractivity contribution in [3.63, 3.8) is 0 Å². The monoisotopic (exact) mass is 468 g/mol. The van der Waals surface area contributed by atoms with Crippen LogP contribution < -0.4 is 25.0 Å². The van der Waals surface area contributed by atoms with Gasteiger partial charge in [0, 0.05) is 43.1 Å². The fourth-order valence-corrected chi connectivity index (χ4v) is 4.46. The Morgan fingerprint density at radius 1 is 1.21 bits per heavy atom. The van der Waals surface area contributed by atoms with Gasteiger partial charge in [0.25, 0.3) is 11.8 Å². The predicted octanol–water partition coefficient (Wildman–Crippen LogP) is 2.27. The third-order valence-electron chi connectivity index (χ3n) is 5.09. The van der Waals surface area contributed by atoms with E-state index in [0.717, 1.165) is 29.2 Å². The number of aromatic nitrogens is 3. The zero-order chi connectivity index (χ0) is 23.2. The maximum absolute atomic E-state index is 12.3. The van der Waals surface area contributed by atoms with Crippen LogP contribution in [0.25, 0.3) is 0 Å². The van der Waals surface area contributed by atoms with E-state index in [4.69, 9.17) is 9.47 Å². The molecule has 10 nitrogen and oxygen atoms in total. The molecule has 0 atom stereocenters. The Morgan fingerprint density at radius 2 is 2.09 bits per heavy atom. The number of hydrogen-bond donors (Lipinski definition) is 2.